The highest BCUT2D eigenvalue weighted by atomic mass is 79.9. The molecular weight excluding hydrogens is 447 g/mol. The SMILES string of the molecule is O=c1c2sc3ncnc(NCC(F)(F)F)c3c2ncn1-c1ccc(Br)cc1. The van der Waals surface area contributed by atoms with Gasteiger partial charge in [-0.25, -0.2) is 15.0 Å². The van der Waals surface area contributed by atoms with Crippen LogP contribution < -0.4 is 10.9 Å². The standard InChI is InChI=1S/C16H9BrF3N5OS/c17-8-1-3-9(4-2-8)25-7-24-11-10-13(21-5-16(18,19)20)22-6-23-14(10)27-12(11)15(25)26/h1-4,6-7H,5H2,(H,21,22,23). The molecule has 0 radical (unpaired) electrons. The van der Waals surface area contributed by atoms with Crippen molar-refractivity contribution in [1.29, 1.82) is 0 Å². The normalized spacial score (nSPS) is 12.0. The third kappa shape index (κ3) is 3.39. The van der Waals surface area contributed by atoms with Gasteiger partial charge in [0, 0.05) is 4.47 Å². The lowest BCUT2D eigenvalue weighted by Crippen LogP contribution is -2.22. The van der Waals surface area contributed by atoms with Crippen molar-refractivity contribution < 1.29 is 13.2 Å². The Balaban J connectivity index is 1.88. The average molecular weight is 456 g/mol. The van der Waals surface area contributed by atoms with E-state index < -0.39 is 12.7 Å². The molecule has 1 N–H and O–H groups in total. The summed E-state index contributed by atoms with van der Waals surface area (Å²) in [5.41, 5.74) is 0.572. The minimum atomic E-state index is -4.40. The lowest BCUT2D eigenvalue weighted by Gasteiger charge is -2.09. The fourth-order valence-electron chi connectivity index (χ4n) is 2.57. The zero-order chi connectivity index (χ0) is 19.2. The number of benzene rings is 1. The molecule has 3 heterocycles. The minimum Gasteiger partial charge on any atom is -0.360 e. The van der Waals surface area contributed by atoms with Crippen molar-refractivity contribution in [3.63, 3.8) is 0 Å². The molecule has 0 atom stereocenters. The smallest absolute Gasteiger partial charge is 0.360 e. The number of hydrogen-bond donors (Lipinski definition) is 1. The molecule has 0 spiro atoms. The Hall–Kier alpha value is -2.53. The van der Waals surface area contributed by atoms with Crippen LogP contribution in [0.25, 0.3) is 26.1 Å². The first-order valence-corrected chi connectivity index (χ1v) is 9.16. The van der Waals surface area contributed by atoms with Crippen LogP contribution in [0, 0.1) is 0 Å². The van der Waals surface area contributed by atoms with Gasteiger partial charge in [-0.2, -0.15) is 13.2 Å². The molecule has 0 aliphatic rings. The number of thiophene rings is 1. The fourth-order valence-corrected chi connectivity index (χ4v) is 3.86. The van der Waals surface area contributed by atoms with Crippen molar-refractivity contribution in [3.8, 4) is 5.69 Å². The van der Waals surface area contributed by atoms with Gasteiger partial charge >= 0.3 is 6.18 Å². The fraction of sp³-hybridized carbons (Fsp3) is 0.125. The van der Waals surface area contributed by atoms with Crippen LogP contribution in [0.4, 0.5) is 19.0 Å². The van der Waals surface area contributed by atoms with Crippen LogP contribution in [0.15, 0.2) is 46.2 Å². The quantitative estimate of drug-likeness (QED) is 0.502. The molecule has 0 amide bonds. The maximum Gasteiger partial charge on any atom is 0.405 e. The zero-order valence-corrected chi connectivity index (χ0v) is 15.7. The third-order valence-corrected chi connectivity index (χ3v) is 5.34. The Kier molecular flexibility index (Phi) is 4.35. The van der Waals surface area contributed by atoms with Crippen molar-refractivity contribution in [2.75, 3.05) is 11.9 Å². The molecule has 0 unspecified atom stereocenters. The molecule has 0 bridgehead atoms. The highest BCUT2D eigenvalue weighted by Gasteiger charge is 2.28. The highest BCUT2D eigenvalue weighted by molar-refractivity contribution is 9.10. The summed E-state index contributed by atoms with van der Waals surface area (Å²) >= 11 is 4.40. The van der Waals surface area contributed by atoms with Crippen molar-refractivity contribution in [1.82, 2.24) is 19.5 Å². The number of anilines is 1. The average Bonchev–Trinajstić information content (AvgIpc) is 3.01. The number of halogens is 4. The maximum atomic E-state index is 12.9. The molecule has 0 saturated heterocycles. The van der Waals surface area contributed by atoms with E-state index in [0.717, 1.165) is 22.1 Å². The van der Waals surface area contributed by atoms with Crippen LogP contribution in [0.5, 0.6) is 0 Å². The van der Waals surface area contributed by atoms with Gasteiger partial charge in [0.15, 0.2) is 0 Å². The van der Waals surface area contributed by atoms with E-state index in [9.17, 15) is 18.0 Å². The predicted molar refractivity (Wildman–Crippen MR) is 101 cm³/mol. The van der Waals surface area contributed by atoms with Crippen LogP contribution in [-0.2, 0) is 0 Å². The summed E-state index contributed by atoms with van der Waals surface area (Å²) in [6.07, 6.45) is -1.89. The van der Waals surface area contributed by atoms with Gasteiger partial charge in [0.1, 0.15) is 40.1 Å². The van der Waals surface area contributed by atoms with E-state index in [-0.39, 0.29) is 16.9 Å². The number of aromatic nitrogens is 4. The predicted octanol–water partition coefficient (Wildman–Crippen LogP) is 4.13. The summed E-state index contributed by atoms with van der Waals surface area (Å²) in [7, 11) is 0. The van der Waals surface area contributed by atoms with E-state index >= 15 is 0 Å². The van der Waals surface area contributed by atoms with Gasteiger partial charge in [0.05, 0.1) is 11.1 Å². The Morgan fingerprint density at radius 2 is 1.89 bits per heavy atom. The second kappa shape index (κ2) is 6.57. The number of fused-ring (bicyclic) bond motifs is 3. The topological polar surface area (TPSA) is 72.7 Å². The summed E-state index contributed by atoms with van der Waals surface area (Å²) in [4.78, 5) is 25.5. The summed E-state index contributed by atoms with van der Waals surface area (Å²) in [6, 6.07) is 7.09. The molecule has 0 aliphatic heterocycles. The van der Waals surface area contributed by atoms with Crippen LogP contribution in [-0.4, -0.2) is 32.2 Å². The zero-order valence-electron chi connectivity index (χ0n) is 13.3. The molecular formula is C16H9BrF3N5OS. The summed E-state index contributed by atoms with van der Waals surface area (Å²) < 4.78 is 40.2. The molecule has 4 rings (SSSR count). The van der Waals surface area contributed by atoms with Crippen molar-refractivity contribution in [3.05, 3.63) is 51.7 Å². The first-order chi connectivity index (χ1) is 12.8. The Bertz CT molecular complexity index is 1200. The lowest BCUT2D eigenvalue weighted by atomic mass is 10.3. The molecule has 11 heteroatoms. The van der Waals surface area contributed by atoms with E-state index in [2.05, 4.69) is 36.2 Å². The molecule has 4 aromatic rings. The lowest BCUT2D eigenvalue weighted by molar-refractivity contribution is -0.115. The number of nitrogens with zero attached hydrogens (tertiary/aromatic N) is 4. The number of alkyl halides is 3. The van der Waals surface area contributed by atoms with Crippen LogP contribution in [0.1, 0.15) is 0 Å². The molecule has 27 heavy (non-hydrogen) atoms. The van der Waals surface area contributed by atoms with E-state index in [1.807, 2.05) is 0 Å². The molecule has 138 valence electrons. The highest BCUT2D eigenvalue weighted by Crippen LogP contribution is 2.33. The first-order valence-electron chi connectivity index (χ1n) is 7.55. The van der Waals surface area contributed by atoms with Crippen LogP contribution in [0.3, 0.4) is 0 Å². The van der Waals surface area contributed by atoms with Gasteiger partial charge in [-0.05, 0) is 24.3 Å². The first kappa shape index (κ1) is 17.9. The Labute approximate surface area is 161 Å². The molecule has 6 nitrogen and oxygen atoms in total. The second-order valence-corrected chi connectivity index (χ2v) is 7.46. The van der Waals surface area contributed by atoms with E-state index in [4.69, 9.17) is 0 Å². The summed E-state index contributed by atoms with van der Waals surface area (Å²) in [6.45, 7) is -1.24. The van der Waals surface area contributed by atoms with Gasteiger partial charge < -0.3 is 5.32 Å². The van der Waals surface area contributed by atoms with Gasteiger partial charge in [0.2, 0.25) is 0 Å². The number of rotatable bonds is 3. The molecule has 3 aromatic heterocycles. The Morgan fingerprint density at radius 3 is 2.59 bits per heavy atom. The summed E-state index contributed by atoms with van der Waals surface area (Å²) in [5.74, 6) is -0.00290. The maximum absolute atomic E-state index is 12.9. The van der Waals surface area contributed by atoms with E-state index in [1.165, 1.54) is 10.9 Å². The van der Waals surface area contributed by atoms with Gasteiger partial charge in [0.25, 0.3) is 5.56 Å². The van der Waals surface area contributed by atoms with Crippen LogP contribution in [0.2, 0.25) is 0 Å². The van der Waals surface area contributed by atoms with Crippen molar-refractivity contribution in [2.24, 2.45) is 0 Å². The molecule has 1 aromatic carbocycles. The molecule has 0 fully saturated rings. The number of hydrogen-bond acceptors (Lipinski definition) is 6. The van der Waals surface area contributed by atoms with Crippen molar-refractivity contribution >= 4 is 53.5 Å². The summed E-state index contributed by atoms with van der Waals surface area (Å²) in [5, 5.41) is 2.56. The monoisotopic (exact) mass is 455 g/mol. The van der Waals surface area contributed by atoms with Gasteiger partial charge in [-0.1, -0.05) is 15.9 Å². The molecule has 0 aliphatic carbocycles. The van der Waals surface area contributed by atoms with Crippen molar-refractivity contribution in [2.45, 2.75) is 6.18 Å². The van der Waals surface area contributed by atoms with Gasteiger partial charge in [-0.3, -0.25) is 9.36 Å². The molecule has 0 saturated carbocycles. The van der Waals surface area contributed by atoms with E-state index in [1.54, 1.807) is 24.3 Å². The number of nitrogens with one attached hydrogen (secondary N) is 1. The van der Waals surface area contributed by atoms with Crippen LogP contribution >= 0.6 is 27.3 Å². The van der Waals surface area contributed by atoms with E-state index in [0.29, 0.717) is 20.6 Å². The Morgan fingerprint density at radius 1 is 1.15 bits per heavy atom. The second-order valence-electron chi connectivity index (χ2n) is 5.55. The third-order valence-electron chi connectivity index (χ3n) is 3.74. The minimum absolute atomic E-state index is 0.00290. The largest absolute Gasteiger partial charge is 0.405 e. The van der Waals surface area contributed by atoms with Gasteiger partial charge in [-0.15, -0.1) is 11.3 Å².